The fourth-order valence-corrected chi connectivity index (χ4v) is 3.47. The Kier molecular flexibility index (Phi) is 7.70. The molecule has 1 atom stereocenters. The second-order valence-electron chi connectivity index (χ2n) is 5.52. The highest BCUT2D eigenvalue weighted by Gasteiger charge is 2.30. The van der Waals surface area contributed by atoms with Gasteiger partial charge in [0.05, 0.1) is 25.1 Å². The minimum absolute atomic E-state index is 0.00643. The maximum Gasteiger partial charge on any atom is 0.241 e. The van der Waals surface area contributed by atoms with Gasteiger partial charge < -0.3 is 20.1 Å². The summed E-state index contributed by atoms with van der Waals surface area (Å²) in [6.45, 7) is 5.33. The van der Waals surface area contributed by atoms with Gasteiger partial charge in [-0.1, -0.05) is 0 Å². The monoisotopic (exact) mass is 337 g/mol. The van der Waals surface area contributed by atoms with Crippen LogP contribution in [-0.2, 0) is 24.3 Å². The van der Waals surface area contributed by atoms with Gasteiger partial charge in [0.2, 0.25) is 15.9 Å². The lowest BCUT2D eigenvalue weighted by Crippen LogP contribution is -2.55. The lowest BCUT2D eigenvalue weighted by molar-refractivity contribution is -0.134. The molecule has 1 fully saturated rings. The van der Waals surface area contributed by atoms with Gasteiger partial charge in [-0.2, -0.15) is 4.31 Å². The van der Waals surface area contributed by atoms with Gasteiger partial charge in [0.1, 0.15) is 6.04 Å². The summed E-state index contributed by atoms with van der Waals surface area (Å²) < 4.78 is 35.9. The molecule has 0 aromatic rings. The van der Waals surface area contributed by atoms with E-state index in [4.69, 9.17) is 15.2 Å². The highest BCUT2D eigenvalue weighted by atomic mass is 32.2. The molecule has 0 bridgehead atoms. The number of nitrogens with two attached hydrogens (primary N) is 1. The number of sulfonamides is 1. The Morgan fingerprint density at radius 2 is 1.82 bits per heavy atom. The van der Waals surface area contributed by atoms with E-state index >= 15 is 0 Å². The number of amides is 1. The first-order valence-corrected chi connectivity index (χ1v) is 9.01. The molecule has 0 aromatic carbocycles. The lowest BCUT2D eigenvalue weighted by Gasteiger charge is -2.35. The Bertz CT molecular complexity index is 447. The third kappa shape index (κ3) is 5.81. The van der Waals surface area contributed by atoms with Crippen molar-refractivity contribution in [1.29, 1.82) is 0 Å². The molecular weight excluding hydrogens is 310 g/mol. The summed E-state index contributed by atoms with van der Waals surface area (Å²) in [6.07, 6.45) is 0.00643. The summed E-state index contributed by atoms with van der Waals surface area (Å²) in [6, 6.07) is -0.701. The van der Waals surface area contributed by atoms with Crippen LogP contribution in [0, 0.1) is 0 Å². The fourth-order valence-electron chi connectivity index (χ4n) is 2.19. The molecule has 1 aliphatic heterocycles. The van der Waals surface area contributed by atoms with Crippen molar-refractivity contribution in [2.45, 2.75) is 26.0 Å². The topological polar surface area (TPSA) is 102 Å². The molecule has 1 amide bonds. The summed E-state index contributed by atoms with van der Waals surface area (Å²) >= 11 is 0. The number of carbonyl (C=O) groups excluding carboxylic acids is 1. The summed E-state index contributed by atoms with van der Waals surface area (Å²) in [5.74, 6) is -0.246. The minimum atomic E-state index is -3.34. The number of carbonyl (C=O) groups is 1. The first-order valence-electron chi connectivity index (χ1n) is 7.40. The molecule has 0 aliphatic carbocycles. The van der Waals surface area contributed by atoms with Gasteiger partial charge in [0, 0.05) is 33.3 Å². The molecule has 8 nitrogen and oxygen atoms in total. The molecule has 0 radical (unpaired) electrons. The molecule has 0 aromatic heterocycles. The van der Waals surface area contributed by atoms with Crippen molar-refractivity contribution in [3.8, 4) is 0 Å². The zero-order valence-electron chi connectivity index (χ0n) is 13.5. The van der Waals surface area contributed by atoms with E-state index in [1.165, 1.54) is 11.4 Å². The van der Waals surface area contributed by atoms with Gasteiger partial charge in [-0.25, -0.2) is 8.42 Å². The maximum absolute atomic E-state index is 12.2. The van der Waals surface area contributed by atoms with E-state index in [1.807, 2.05) is 13.8 Å². The van der Waals surface area contributed by atoms with Crippen LogP contribution in [0.3, 0.4) is 0 Å². The lowest BCUT2D eigenvalue weighted by atomic mass is 10.2. The minimum Gasteiger partial charge on any atom is -0.383 e. The normalized spacial score (nSPS) is 18.7. The van der Waals surface area contributed by atoms with Crippen molar-refractivity contribution in [2.24, 2.45) is 5.73 Å². The molecule has 1 unspecified atom stereocenters. The third-order valence-electron chi connectivity index (χ3n) is 3.40. The molecule has 1 saturated heterocycles. The average molecular weight is 337 g/mol. The molecule has 2 N–H and O–H groups in total. The number of nitrogens with zero attached hydrogens (tertiary/aromatic N) is 2. The predicted octanol–water partition coefficient (Wildman–Crippen LogP) is -1.14. The van der Waals surface area contributed by atoms with Crippen LogP contribution < -0.4 is 5.73 Å². The van der Waals surface area contributed by atoms with Crippen LogP contribution in [0.4, 0.5) is 0 Å². The maximum atomic E-state index is 12.2. The molecular formula is C13H27N3O5S. The second-order valence-corrected chi connectivity index (χ2v) is 7.61. The number of methoxy groups -OCH3 is 1. The van der Waals surface area contributed by atoms with Gasteiger partial charge >= 0.3 is 0 Å². The van der Waals surface area contributed by atoms with Crippen LogP contribution in [0.15, 0.2) is 0 Å². The standard InChI is InChI=1S/C13H27N3O5S/c1-11(2)21-8-9-22(18,19)16-6-4-15(5-7-16)13(17)12(14)10-20-3/h11-12H,4-10,14H2,1-3H3. The molecule has 22 heavy (non-hydrogen) atoms. The van der Waals surface area contributed by atoms with Crippen molar-refractivity contribution in [1.82, 2.24) is 9.21 Å². The first kappa shape index (κ1) is 19.3. The van der Waals surface area contributed by atoms with Crippen molar-refractivity contribution in [3.63, 3.8) is 0 Å². The Labute approximate surface area is 132 Å². The third-order valence-corrected chi connectivity index (χ3v) is 5.23. The summed E-state index contributed by atoms with van der Waals surface area (Å²) in [5, 5.41) is 0. The van der Waals surface area contributed by atoms with Gasteiger partial charge in [0.25, 0.3) is 0 Å². The molecule has 130 valence electrons. The quantitative estimate of drug-likeness (QED) is 0.601. The molecule has 1 rings (SSSR count). The first-order chi connectivity index (χ1) is 10.3. The van der Waals surface area contributed by atoms with E-state index in [2.05, 4.69) is 0 Å². The van der Waals surface area contributed by atoms with Crippen LogP contribution in [-0.4, -0.2) is 87.9 Å². The summed E-state index contributed by atoms with van der Waals surface area (Å²) in [4.78, 5) is 13.6. The van der Waals surface area contributed by atoms with Gasteiger partial charge in [-0.15, -0.1) is 0 Å². The van der Waals surface area contributed by atoms with Gasteiger partial charge in [-0.05, 0) is 13.8 Å². The number of piperazine rings is 1. The molecule has 0 saturated carbocycles. The summed E-state index contributed by atoms with van der Waals surface area (Å²) in [7, 11) is -1.86. The predicted molar refractivity (Wildman–Crippen MR) is 82.9 cm³/mol. The zero-order valence-corrected chi connectivity index (χ0v) is 14.3. The number of ether oxygens (including phenoxy) is 2. The number of hydrogen-bond donors (Lipinski definition) is 1. The van der Waals surface area contributed by atoms with Gasteiger partial charge in [0.15, 0.2) is 0 Å². The van der Waals surface area contributed by atoms with Crippen LogP contribution in [0.25, 0.3) is 0 Å². The smallest absolute Gasteiger partial charge is 0.241 e. The van der Waals surface area contributed by atoms with Gasteiger partial charge in [-0.3, -0.25) is 4.79 Å². The Morgan fingerprint density at radius 1 is 1.23 bits per heavy atom. The number of hydrogen-bond acceptors (Lipinski definition) is 6. The van der Waals surface area contributed by atoms with Crippen LogP contribution >= 0.6 is 0 Å². The average Bonchev–Trinajstić information content (AvgIpc) is 2.46. The Balaban J connectivity index is 2.45. The van der Waals surface area contributed by atoms with Crippen molar-refractivity contribution < 1.29 is 22.7 Å². The van der Waals surface area contributed by atoms with Crippen molar-refractivity contribution in [3.05, 3.63) is 0 Å². The van der Waals surface area contributed by atoms with E-state index in [-0.39, 0.29) is 44.1 Å². The van der Waals surface area contributed by atoms with E-state index < -0.39 is 16.1 Å². The van der Waals surface area contributed by atoms with E-state index in [9.17, 15) is 13.2 Å². The highest BCUT2D eigenvalue weighted by Crippen LogP contribution is 2.09. The van der Waals surface area contributed by atoms with Crippen molar-refractivity contribution in [2.75, 3.05) is 52.3 Å². The van der Waals surface area contributed by atoms with Crippen LogP contribution in [0.5, 0.6) is 0 Å². The summed E-state index contributed by atoms with van der Waals surface area (Å²) in [5.41, 5.74) is 5.71. The fraction of sp³-hybridized carbons (Fsp3) is 0.923. The molecule has 9 heteroatoms. The van der Waals surface area contributed by atoms with Crippen LogP contribution in [0.2, 0.25) is 0 Å². The van der Waals surface area contributed by atoms with Crippen molar-refractivity contribution >= 4 is 15.9 Å². The SMILES string of the molecule is COCC(N)C(=O)N1CCN(S(=O)(=O)CCOC(C)C)CC1. The van der Waals surface area contributed by atoms with E-state index in [0.29, 0.717) is 13.1 Å². The zero-order chi connectivity index (χ0) is 16.8. The molecule has 1 heterocycles. The molecule has 0 spiro atoms. The highest BCUT2D eigenvalue weighted by molar-refractivity contribution is 7.89. The largest absolute Gasteiger partial charge is 0.383 e. The second kappa shape index (κ2) is 8.78. The number of rotatable bonds is 8. The van der Waals surface area contributed by atoms with Crippen LogP contribution in [0.1, 0.15) is 13.8 Å². The Morgan fingerprint density at radius 3 is 2.32 bits per heavy atom. The molecule has 1 aliphatic rings. The van der Waals surface area contributed by atoms with E-state index in [1.54, 1.807) is 4.90 Å². The Hall–Kier alpha value is -0.740. The van der Waals surface area contributed by atoms with E-state index in [0.717, 1.165) is 0 Å².